The number of likely N-dealkylation sites (N-methyl/N-ethyl adjacent to an activating group) is 1. The topological polar surface area (TPSA) is 24.5 Å². The number of hydrogen-bond acceptors (Lipinski definition) is 3. The number of morpholine rings is 1. The molecule has 17 heavy (non-hydrogen) atoms. The van der Waals surface area contributed by atoms with Crippen molar-refractivity contribution in [1.82, 2.24) is 10.2 Å². The van der Waals surface area contributed by atoms with Crippen LogP contribution in [0.2, 0.25) is 0 Å². The number of rotatable bonds is 7. The van der Waals surface area contributed by atoms with E-state index in [0.717, 1.165) is 32.2 Å². The van der Waals surface area contributed by atoms with Gasteiger partial charge in [0.25, 0.3) is 0 Å². The van der Waals surface area contributed by atoms with E-state index < -0.39 is 0 Å². The van der Waals surface area contributed by atoms with Crippen LogP contribution >= 0.6 is 0 Å². The lowest BCUT2D eigenvalue weighted by molar-refractivity contribution is -0.0403. The standard InChI is InChI=1S/C14H28N2O/c1-3-8-15-13(7-6-12-4-5-12)14-11-16(2)9-10-17-14/h12-15H,3-11H2,1-2H3. The van der Waals surface area contributed by atoms with Crippen LogP contribution in [0.25, 0.3) is 0 Å². The number of nitrogens with one attached hydrogen (secondary N) is 1. The van der Waals surface area contributed by atoms with Crippen LogP contribution in [0.4, 0.5) is 0 Å². The molecule has 0 amide bonds. The van der Waals surface area contributed by atoms with Crippen LogP contribution in [0, 0.1) is 5.92 Å². The summed E-state index contributed by atoms with van der Waals surface area (Å²) in [5.74, 6) is 1.03. The first-order valence-electron chi connectivity index (χ1n) is 7.33. The molecule has 1 aliphatic carbocycles. The summed E-state index contributed by atoms with van der Waals surface area (Å²) in [7, 11) is 2.20. The third-order valence-corrected chi connectivity index (χ3v) is 3.98. The normalized spacial score (nSPS) is 28.2. The largest absolute Gasteiger partial charge is 0.374 e. The maximum Gasteiger partial charge on any atom is 0.0855 e. The van der Waals surface area contributed by atoms with Crippen LogP contribution in [0.1, 0.15) is 39.0 Å². The van der Waals surface area contributed by atoms with E-state index in [2.05, 4.69) is 24.2 Å². The Kier molecular flexibility index (Phi) is 5.26. The second-order valence-electron chi connectivity index (χ2n) is 5.75. The van der Waals surface area contributed by atoms with Gasteiger partial charge in [0.1, 0.15) is 0 Å². The molecule has 1 N–H and O–H groups in total. The Morgan fingerprint density at radius 2 is 2.24 bits per heavy atom. The molecule has 0 aromatic heterocycles. The fourth-order valence-electron chi connectivity index (χ4n) is 2.63. The van der Waals surface area contributed by atoms with Gasteiger partial charge in [-0.3, -0.25) is 0 Å². The van der Waals surface area contributed by atoms with Crippen molar-refractivity contribution >= 4 is 0 Å². The van der Waals surface area contributed by atoms with Crippen molar-refractivity contribution in [1.29, 1.82) is 0 Å². The van der Waals surface area contributed by atoms with Crippen LogP contribution in [-0.4, -0.2) is 50.3 Å². The number of nitrogens with zero attached hydrogens (tertiary/aromatic N) is 1. The molecule has 3 heteroatoms. The van der Waals surface area contributed by atoms with Gasteiger partial charge in [0.2, 0.25) is 0 Å². The minimum atomic E-state index is 0.402. The van der Waals surface area contributed by atoms with Gasteiger partial charge < -0.3 is 15.0 Å². The molecular weight excluding hydrogens is 212 g/mol. The average molecular weight is 240 g/mol. The van der Waals surface area contributed by atoms with Crippen LogP contribution < -0.4 is 5.32 Å². The molecule has 1 heterocycles. The Morgan fingerprint density at radius 1 is 1.41 bits per heavy atom. The van der Waals surface area contributed by atoms with E-state index >= 15 is 0 Å². The van der Waals surface area contributed by atoms with E-state index in [9.17, 15) is 0 Å². The van der Waals surface area contributed by atoms with Gasteiger partial charge in [0.15, 0.2) is 0 Å². The second-order valence-corrected chi connectivity index (χ2v) is 5.75. The van der Waals surface area contributed by atoms with Gasteiger partial charge in [0, 0.05) is 19.1 Å². The molecule has 2 rings (SSSR count). The molecular formula is C14H28N2O. The highest BCUT2D eigenvalue weighted by atomic mass is 16.5. The van der Waals surface area contributed by atoms with Crippen molar-refractivity contribution < 1.29 is 4.74 Å². The summed E-state index contributed by atoms with van der Waals surface area (Å²) in [5, 5.41) is 3.69. The van der Waals surface area contributed by atoms with E-state index in [1.54, 1.807) is 0 Å². The van der Waals surface area contributed by atoms with Crippen molar-refractivity contribution in [3.8, 4) is 0 Å². The highest BCUT2D eigenvalue weighted by molar-refractivity contribution is 4.84. The van der Waals surface area contributed by atoms with Crippen LogP contribution in [-0.2, 0) is 4.74 Å². The Bertz CT molecular complexity index is 218. The molecule has 100 valence electrons. The third kappa shape index (κ3) is 4.57. The summed E-state index contributed by atoms with van der Waals surface area (Å²) in [4.78, 5) is 2.39. The van der Waals surface area contributed by atoms with E-state index in [-0.39, 0.29) is 0 Å². The lowest BCUT2D eigenvalue weighted by Gasteiger charge is -2.35. The van der Waals surface area contributed by atoms with Crippen molar-refractivity contribution in [2.75, 3.05) is 33.3 Å². The maximum atomic E-state index is 5.96. The van der Waals surface area contributed by atoms with Crippen LogP contribution in [0.3, 0.4) is 0 Å². The fourth-order valence-corrected chi connectivity index (χ4v) is 2.63. The lowest BCUT2D eigenvalue weighted by Crippen LogP contribution is -2.51. The molecule has 0 aromatic carbocycles. The van der Waals surface area contributed by atoms with E-state index in [0.29, 0.717) is 12.1 Å². The predicted octanol–water partition coefficient (Wildman–Crippen LogP) is 1.88. The molecule has 2 unspecified atom stereocenters. The molecule has 0 bridgehead atoms. The Morgan fingerprint density at radius 3 is 2.88 bits per heavy atom. The van der Waals surface area contributed by atoms with Crippen LogP contribution in [0.15, 0.2) is 0 Å². The Balaban J connectivity index is 1.78. The third-order valence-electron chi connectivity index (χ3n) is 3.98. The summed E-state index contributed by atoms with van der Waals surface area (Å²) in [6.07, 6.45) is 7.23. The first-order chi connectivity index (χ1) is 8.29. The fraction of sp³-hybridized carbons (Fsp3) is 1.00. The zero-order chi connectivity index (χ0) is 12.1. The van der Waals surface area contributed by atoms with Crippen molar-refractivity contribution in [3.63, 3.8) is 0 Å². The molecule has 2 aliphatic rings. The van der Waals surface area contributed by atoms with Crippen molar-refractivity contribution in [2.24, 2.45) is 5.92 Å². The molecule has 1 aliphatic heterocycles. The van der Waals surface area contributed by atoms with Gasteiger partial charge in [-0.05, 0) is 38.8 Å². The summed E-state index contributed by atoms with van der Waals surface area (Å²) >= 11 is 0. The van der Waals surface area contributed by atoms with E-state index in [1.165, 1.54) is 32.1 Å². The summed E-state index contributed by atoms with van der Waals surface area (Å²) in [5.41, 5.74) is 0. The summed E-state index contributed by atoms with van der Waals surface area (Å²) < 4.78 is 5.96. The van der Waals surface area contributed by atoms with E-state index in [1.807, 2.05) is 0 Å². The maximum absolute atomic E-state index is 5.96. The molecule has 0 spiro atoms. The van der Waals surface area contributed by atoms with Gasteiger partial charge in [-0.15, -0.1) is 0 Å². The highest BCUT2D eigenvalue weighted by Gasteiger charge is 2.29. The number of ether oxygens (including phenoxy) is 1. The molecule has 1 saturated heterocycles. The van der Waals surface area contributed by atoms with Gasteiger partial charge in [-0.1, -0.05) is 19.8 Å². The Labute approximate surface area is 106 Å². The second kappa shape index (κ2) is 6.72. The quantitative estimate of drug-likeness (QED) is 0.735. The highest BCUT2D eigenvalue weighted by Crippen LogP contribution is 2.34. The minimum absolute atomic E-state index is 0.402. The van der Waals surface area contributed by atoms with Crippen molar-refractivity contribution in [3.05, 3.63) is 0 Å². The summed E-state index contributed by atoms with van der Waals surface area (Å²) in [6.45, 7) is 6.43. The first kappa shape index (κ1) is 13.3. The Hall–Kier alpha value is -0.120. The summed E-state index contributed by atoms with van der Waals surface area (Å²) in [6, 6.07) is 0.568. The van der Waals surface area contributed by atoms with E-state index in [4.69, 9.17) is 4.74 Å². The van der Waals surface area contributed by atoms with Gasteiger partial charge in [0.05, 0.1) is 12.7 Å². The molecule has 0 aromatic rings. The van der Waals surface area contributed by atoms with Gasteiger partial charge >= 0.3 is 0 Å². The minimum Gasteiger partial charge on any atom is -0.374 e. The van der Waals surface area contributed by atoms with Gasteiger partial charge in [-0.2, -0.15) is 0 Å². The molecule has 2 fully saturated rings. The molecule has 0 radical (unpaired) electrons. The SMILES string of the molecule is CCCNC(CCC1CC1)C1CN(C)CCO1. The zero-order valence-electron chi connectivity index (χ0n) is 11.5. The monoisotopic (exact) mass is 240 g/mol. The molecule has 2 atom stereocenters. The molecule has 3 nitrogen and oxygen atoms in total. The first-order valence-corrected chi connectivity index (χ1v) is 7.33. The van der Waals surface area contributed by atoms with Crippen LogP contribution in [0.5, 0.6) is 0 Å². The van der Waals surface area contributed by atoms with Gasteiger partial charge in [-0.25, -0.2) is 0 Å². The predicted molar refractivity (Wildman–Crippen MR) is 71.3 cm³/mol. The lowest BCUT2D eigenvalue weighted by atomic mass is 10.0. The average Bonchev–Trinajstić information content (AvgIpc) is 3.13. The number of hydrogen-bond donors (Lipinski definition) is 1. The molecule has 1 saturated carbocycles. The zero-order valence-corrected chi connectivity index (χ0v) is 11.5. The smallest absolute Gasteiger partial charge is 0.0855 e. The van der Waals surface area contributed by atoms with Crippen molar-refractivity contribution in [2.45, 2.75) is 51.2 Å².